The molecule has 0 aliphatic rings. The minimum absolute atomic E-state index is 0.0427. The van der Waals surface area contributed by atoms with Crippen molar-refractivity contribution in [3.8, 4) is 5.75 Å². The Bertz CT molecular complexity index is 412. The van der Waals surface area contributed by atoms with Gasteiger partial charge in [0, 0.05) is 47.6 Å². The predicted molar refractivity (Wildman–Crippen MR) is 83.8 cm³/mol. The third kappa shape index (κ3) is 5.61. The molecule has 20 heavy (non-hydrogen) atoms. The number of nitrogens with one attached hydrogen (secondary N) is 1. The van der Waals surface area contributed by atoms with Crippen LogP contribution in [0.15, 0.2) is 24.3 Å². The Labute approximate surface area is 124 Å². The number of methoxy groups -OCH3 is 1. The van der Waals surface area contributed by atoms with Gasteiger partial charge in [0.25, 0.3) is 0 Å². The van der Waals surface area contributed by atoms with Crippen LogP contribution in [0, 0.1) is 0 Å². The highest BCUT2D eigenvalue weighted by Crippen LogP contribution is 2.25. The minimum atomic E-state index is -0.862. The largest absolute Gasteiger partial charge is 0.494 e. The second kappa shape index (κ2) is 9.91. The molecule has 1 aromatic rings. The Hall–Kier alpha value is -0.910. The molecule has 0 aliphatic heterocycles. The van der Waals surface area contributed by atoms with Gasteiger partial charge in [-0.3, -0.25) is 4.21 Å². The second-order valence-corrected chi connectivity index (χ2v) is 6.09. The molecule has 0 saturated heterocycles. The lowest BCUT2D eigenvalue weighted by atomic mass is 10.1. The van der Waals surface area contributed by atoms with Crippen LogP contribution in [0.2, 0.25) is 0 Å². The van der Waals surface area contributed by atoms with Crippen molar-refractivity contribution in [2.75, 3.05) is 38.9 Å². The van der Waals surface area contributed by atoms with Gasteiger partial charge in [0.1, 0.15) is 5.75 Å². The molecule has 2 unspecified atom stereocenters. The Morgan fingerprint density at radius 1 is 1.35 bits per heavy atom. The van der Waals surface area contributed by atoms with Gasteiger partial charge < -0.3 is 14.8 Å². The van der Waals surface area contributed by atoms with Crippen molar-refractivity contribution in [1.29, 1.82) is 0 Å². The van der Waals surface area contributed by atoms with Gasteiger partial charge in [-0.2, -0.15) is 0 Å². The smallest absolute Gasteiger partial charge is 0.124 e. The third-order valence-electron chi connectivity index (χ3n) is 3.02. The van der Waals surface area contributed by atoms with Crippen LogP contribution in [0.4, 0.5) is 0 Å². The highest BCUT2D eigenvalue weighted by Gasteiger charge is 2.17. The van der Waals surface area contributed by atoms with Gasteiger partial charge in [0.2, 0.25) is 0 Å². The summed E-state index contributed by atoms with van der Waals surface area (Å²) in [5.74, 6) is 2.12. The van der Waals surface area contributed by atoms with E-state index >= 15 is 0 Å². The quantitative estimate of drug-likeness (QED) is 0.672. The lowest BCUT2D eigenvalue weighted by Crippen LogP contribution is -2.24. The molecule has 0 aliphatic carbocycles. The van der Waals surface area contributed by atoms with Gasteiger partial charge in [0.15, 0.2) is 0 Å². The molecule has 0 bridgehead atoms. The summed E-state index contributed by atoms with van der Waals surface area (Å²) in [5.41, 5.74) is 1.07. The molecule has 114 valence electrons. The Morgan fingerprint density at radius 2 is 2.10 bits per heavy atom. The van der Waals surface area contributed by atoms with Gasteiger partial charge in [-0.15, -0.1) is 0 Å². The molecule has 4 nitrogen and oxygen atoms in total. The Kier molecular flexibility index (Phi) is 8.49. The first-order chi connectivity index (χ1) is 9.72. The van der Waals surface area contributed by atoms with Gasteiger partial charge in [-0.25, -0.2) is 0 Å². The second-order valence-electron chi connectivity index (χ2n) is 4.47. The molecule has 0 radical (unpaired) electrons. The van der Waals surface area contributed by atoms with Crippen LogP contribution in [-0.4, -0.2) is 43.1 Å². The summed E-state index contributed by atoms with van der Waals surface area (Å²) in [6.07, 6.45) is 0.826. The normalized spacial score (nSPS) is 13.9. The molecular formula is C15H25NO3S. The summed E-state index contributed by atoms with van der Waals surface area (Å²) in [6.45, 7) is 3.25. The molecule has 5 heteroatoms. The Balaban J connectivity index is 2.68. The lowest BCUT2D eigenvalue weighted by Gasteiger charge is -2.19. The third-order valence-corrected chi connectivity index (χ3v) is 4.46. The van der Waals surface area contributed by atoms with E-state index in [0.29, 0.717) is 24.7 Å². The maximum Gasteiger partial charge on any atom is 0.124 e. The summed E-state index contributed by atoms with van der Waals surface area (Å²) >= 11 is 0. The summed E-state index contributed by atoms with van der Waals surface area (Å²) in [4.78, 5) is 0. The van der Waals surface area contributed by atoms with Crippen LogP contribution in [0.1, 0.15) is 24.9 Å². The molecule has 1 aromatic carbocycles. The minimum Gasteiger partial charge on any atom is -0.494 e. The molecule has 0 saturated carbocycles. The summed E-state index contributed by atoms with van der Waals surface area (Å²) in [7, 11) is 2.69. The first-order valence-electron chi connectivity index (χ1n) is 6.95. The molecule has 1 rings (SSSR count). The first kappa shape index (κ1) is 17.1. The first-order valence-corrected chi connectivity index (χ1v) is 8.44. The van der Waals surface area contributed by atoms with E-state index in [1.807, 2.05) is 38.2 Å². The summed E-state index contributed by atoms with van der Waals surface area (Å²) < 4.78 is 22.7. The van der Waals surface area contributed by atoms with Crippen LogP contribution in [0.3, 0.4) is 0 Å². The monoisotopic (exact) mass is 299 g/mol. The van der Waals surface area contributed by atoms with Crippen LogP contribution in [-0.2, 0) is 15.5 Å². The zero-order chi connectivity index (χ0) is 14.8. The van der Waals surface area contributed by atoms with Crippen molar-refractivity contribution in [3.05, 3.63) is 29.8 Å². The maximum absolute atomic E-state index is 12.1. The highest BCUT2D eigenvalue weighted by atomic mass is 32.2. The van der Waals surface area contributed by atoms with Crippen molar-refractivity contribution in [1.82, 2.24) is 5.32 Å². The average molecular weight is 299 g/mol. The van der Waals surface area contributed by atoms with Crippen molar-refractivity contribution in [2.24, 2.45) is 0 Å². The number of ether oxygens (including phenoxy) is 2. The maximum atomic E-state index is 12.1. The van der Waals surface area contributed by atoms with Gasteiger partial charge >= 0.3 is 0 Å². The van der Waals surface area contributed by atoms with Gasteiger partial charge in [0.05, 0.1) is 6.61 Å². The number of rotatable bonds is 10. The van der Waals surface area contributed by atoms with E-state index in [2.05, 4.69) is 5.32 Å². The number of hydrogen-bond donors (Lipinski definition) is 1. The molecule has 0 spiro atoms. The van der Waals surface area contributed by atoms with Crippen molar-refractivity contribution < 1.29 is 13.7 Å². The van der Waals surface area contributed by atoms with Crippen LogP contribution < -0.4 is 10.1 Å². The fraction of sp³-hybridized carbons (Fsp3) is 0.600. The number of para-hydroxylation sites is 1. The van der Waals surface area contributed by atoms with E-state index in [4.69, 9.17) is 9.47 Å². The lowest BCUT2D eigenvalue weighted by molar-refractivity contribution is 0.200. The van der Waals surface area contributed by atoms with E-state index in [-0.39, 0.29) is 6.04 Å². The Morgan fingerprint density at radius 3 is 2.75 bits per heavy atom. The fourth-order valence-corrected chi connectivity index (χ4v) is 3.34. The molecule has 0 aromatic heterocycles. The van der Waals surface area contributed by atoms with Crippen LogP contribution in [0.25, 0.3) is 0 Å². The summed E-state index contributed by atoms with van der Waals surface area (Å²) in [6, 6.07) is 7.96. The standard InChI is InChI=1S/C15H25NO3S/c1-4-19-15-9-6-5-8-13(15)14(16-2)12-20(17)11-7-10-18-3/h5-6,8-9,14,16H,4,7,10-12H2,1-3H3. The van der Waals surface area contributed by atoms with E-state index in [1.54, 1.807) is 7.11 Å². The van der Waals surface area contributed by atoms with Crippen molar-refractivity contribution >= 4 is 10.8 Å². The number of hydrogen-bond acceptors (Lipinski definition) is 4. The van der Waals surface area contributed by atoms with Gasteiger partial charge in [-0.1, -0.05) is 18.2 Å². The average Bonchev–Trinajstić information content (AvgIpc) is 2.46. The molecule has 0 fully saturated rings. The zero-order valence-corrected chi connectivity index (χ0v) is 13.4. The van der Waals surface area contributed by atoms with Crippen LogP contribution >= 0.6 is 0 Å². The van der Waals surface area contributed by atoms with E-state index in [9.17, 15) is 4.21 Å². The van der Waals surface area contributed by atoms with Crippen molar-refractivity contribution in [3.63, 3.8) is 0 Å². The van der Waals surface area contributed by atoms with Crippen LogP contribution in [0.5, 0.6) is 5.75 Å². The molecule has 2 atom stereocenters. The molecule has 0 amide bonds. The van der Waals surface area contributed by atoms with E-state index < -0.39 is 10.8 Å². The molecule has 0 heterocycles. The van der Waals surface area contributed by atoms with Gasteiger partial charge in [-0.05, 0) is 26.5 Å². The topological polar surface area (TPSA) is 47.6 Å². The molecular weight excluding hydrogens is 274 g/mol. The summed E-state index contributed by atoms with van der Waals surface area (Å²) in [5, 5.41) is 3.23. The highest BCUT2D eigenvalue weighted by molar-refractivity contribution is 7.85. The fourth-order valence-electron chi connectivity index (χ4n) is 2.02. The number of benzene rings is 1. The van der Waals surface area contributed by atoms with E-state index in [0.717, 1.165) is 17.7 Å². The van der Waals surface area contributed by atoms with E-state index in [1.165, 1.54) is 0 Å². The zero-order valence-electron chi connectivity index (χ0n) is 12.6. The molecule has 1 N–H and O–H groups in total. The van der Waals surface area contributed by atoms with Crippen molar-refractivity contribution in [2.45, 2.75) is 19.4 Å². The SMILES string of the molecule is CCOc1ccccc1C(CS(=O)CCCOC)NC. The predicted octanol–water partition coefficient (Wildman–Crippen LogP) is 2.13.